The number of hydrogen-bond donors (Lipinski definition) is 1. The Kier molecular flexibility index (Phi) is 5.66. The molecule has 6 heteroatoms. The molecule has 0 amide bonds. The largest absolute Gasteiger partial charge is 0.493 e. The monoisotopic (exact) mass is 367 g/mol. The Morgan fingerprint density at radius 1 is 1.15 bits per heavy atom. The van der Waals surface area contributed by atoms with Gasteiger partial charge >= 0.3 is 5.97 Å². The smallest absolute Gasteiger partial charge is 0.347 e. The fourth-order valence-corrected chi connectivity index (χ4v) is 2.93. The molecule has 1 heterocycles. The molecule has 0 spiro atoms. The van der Waals surface area contributed by atoms with Crippen LogP contribution in [0, 0.1) is 0 Å². The fraction of sp³-hybridized carbons (Fsp3) is 0.100. The van der Waals surface area contributed by atoms with Crippen molar-refractivity contribution in [3.8, 4) is 11.5 Å². The van der Waals surface area contributed by atoms with Crippen molar-refractivity contribution in [2.45, 2.75) is 6.61 Å². The van der Waals surface area contributed by atoms with Gasteiger partial charge in [0.1, 0.15) is 16.5 Å². The average Bonchev–Trinajstić information content (AvgIpc) is 3.15. The maximum atomic E-state index is 10.9. The molecular formula is C20H17NO4S. The van der Waals surface area contributed by atoms with Crippen molar-refractivity contribution >= 4 is 29.5 Å². The highest BCUT2D eigenvalue weighted by molar-refractivity contribution is 7.14. The van der Waals surface area contributed by atoms with Crippen LogP contribution >= 0.6 is 11.3 Å². The summed E-state index contributed by atoms with van der Waals surface area (Å²) in [5.41, 5.74) is 1.98. The second-order valence-electron chi connectivity index (χ2n) is 5.39. The zero-order valence-electron chi connectivity index (χ0n) is 14.1. The third-order valence-corrected chi connectivity index (χ3v) is 4.53. The first-order valence-electron chi connectivity index (χ1n) is 7.87. The number of carbonyl (C=O) groups is 1. The molecule has 3 rings (SSSR count). The Bertz CT molecular complexity index is 919. The molecule has 5 nitrogen and oxygen atoms in total. The van der Waals surface area contributed by atoms with Crippen LogP contribution in [0.4, 0.5) is 0 Å². The Hall–Kier alpha value is -3.12. The number of rotatable bonds is 7. The third-order valence-electron chi connectivity index (χ3n) is 3.58. The number of carboxylic acids is 1. The van der Waals surface area contributed by atoms with Crippen LogP contribution < -0.4 is 9.47 Å². The lowest BCUT2D eigenvalue weighted by Crippen LogP contribution is -1.97. The number of ether oxygens (including phenoxy) is 2. The van der Waals surface area contributed by atoms with Gasteiger partial charge in [-0.3, -0.25) is 0 Å². The molecule has 26 heavy (non-hydrogen) atoms. The summed E-state index contributed by atoms with van der Waals surface area (Å²) in [7, 11) is 1.60. The Balaban J connectivity index is 1.71. The first kappa shape index (κ1) is 17.7. The van der Waals surface area contributed by atoms with Gasteiger partial charge in [-0.2, -0.15) is 0 Å². The second kappa shape index (κ2) is 8.31. The Labute approximate surface area is 155 Å². The molecule has 132 valence electrons. The van der Waals surface area contributed by atoms with Crippen molar-refractivity contribution in [2.24, 2.45) is 0 Å². The highest BCUT2D eigenvalue weighted by atomic mass is 32.1. The highest BCUT2D eigenvalue weighted by Gasteiger charge is 2.07. The highest BCUT2D eigenvalue weighted by Crippen LogP contribution is 2.29. The van der Waals surface area contributed by atoms with E-state index in [0.717, 1.165) is 22.5 Å². The summed E-state index contributed by atoms with van der Waals surface area (Å²) < 4.78 is 11.2. The van der Waals surface area contributed by atoms with Crippen molar-refractivity contribution in [1.82, 2.24) is 4.98 Å². The maximum Gasteiger partial charge on any atom is 0.347 e. The summed E-state index contributed by atoms with van der Waals surface area (Å²) in [5, 5.41) is 9.56. The van der Waals surface area contributed by atoms with Crippen molar-refractivity contribution in [1.29, 1.82) is 0 Å². The quantitative estimate of drug-likeness (QED) is 0.661. The minimum Gasteiger partial charge on any atom is -0.493 e. The number of hydrogen-bond acceptors (Lipinski definition) is 5. The van der Waals surface area contributed by atoms with Gasteiger partial charge in [0.2, 0.25) is 0 Å². The minimum atomic E-state index is -0.969. The lowest BCUT2D eigenvalue weighted by molar-refractivity contribution is 0.0702. The van der Waals surface area contributed by atoms with Gasteiger partial charge < -0.3 is 14.6 Å². The van der Waals surface area contributed by atoms with E-state index in [4.69, 9.17) is 14.6 Å². The van der Waals surface area contributed by atoms with Gasteiger partial charge in [0.05, 0.1) is 13.3 Å². The summed E-state index contributed by atoms with van der Waals surface area (Å²) in [6.07, 6.45) is 4.98. The standard InChI is InChI=1S/C20H17NO4S/c1-24-17-11-14(8-10-19-21-12-18(26-19)20(22)23)7-9-16(17)25-13-15-5-3-2-4-6-15/h2-12H,13H2,1H3,(H,22,23)/b10-8+. The predicted molar refractivity (Wildman–Crippen MR) is 102 cm³/mol. The van der Waals surface area contributed by atoms with E-state index in [-0.39, 0.29) is 4.88 Å². The van der Waals surface area contributed by atoms with Gasteiger partial charge in [0.25, 0.3) is 0 Å². The van der Waals surface area contributed by atoms with E-state index in [1.807, 2.05) is 54.6 Å². The van der Waals surface area contributed by atoms with Crippen LogP contribution in [-0.4, -0.2) is 23.2 Å². The minimum absolute atomic E-state index is 0.215. The topological polar surface area (TPSA) is 68.7 Å². The van der Waals surface area contributed by atoms with Crippen LogP contribution in [0.3, 0.4) is 0 Å². The van der Waals surface area contributed by atoms with Gasteiger partial charge in [-0.15, -0.1) is 11.3 Å². The van der Waals surface area contributed by atoms with Crippen LogP contribution in [0.5, 0.6) is 11.5 Å². The first-order chi connectivity index (χ1) is 12.7. The van der Waals surface area contributed by atoms with E-state index in [2.05, 4.69) is 4.98 Å². The predicted octanol–water partition coefficient (Wildman–Crippen LogP) is 4.60. The second-order valence-corrected chi connectivity index (χ2v) is 6.45. The Morgan fingerprint density at radius 2 is 1.96 bits per heavy atom. The average molecular weight is 367 g/mol. The third kappa shape index (κ3) is 4.49. The number of methoxy groups -OCH3 is 1. The van der Waals surface area contributed by atoms with Gasteiger partial charge in [-0.05, 0) is 29.3 Å². The van der Waals surface area contributed by atoms with E-state index in [1.54, 1.807) is 13.2 Å². The molecular weight excluding hydrogens is 350 g/mol. The van der Waals surface area contributed by atoms with Crippen molar-refractivity contribution in [3.63, 3.8) is 0 Å². The summed E-state index contributed by atoms with van der Waals surface area (Å²) in [5.74, 6) is 0.327. The molecule has 0 radical (unpaired) electrons. The molecule has 0 saturated heterocycles. The molecule has 3 aromatic rings. The van der Waals surface area contributed by atoms with Crippen LogP contribution in [0.25, 0.3) is 12.2 Å². The molecule has 0 unspecified atom stereocenters. The number of nitrogens with zero attached hydrogens (tertiary/aromatic N) is 1. The molecule has 0 fully saturated rings. The van der Waals surface area contributed by atoms with Crippen molar-refractivity contribution < 1.29 is 19.4 Å². The zero-order valence-corrected chi connectivity index (χ0v) is 14.9. The molecule has 2 aromatic carbocycles. The summed E-state index contributed by atoms with van der Waals surface area (Å²) in [4.78, 5) is 15.2. The summed E-state index contributed by atoms with van der Waals surface area (Å²) >= 11 is 1.13. The summed E-state index contributed by atoms with van der Waals surface area (Å²) in [6, 6.07) is 15.5. The van der Waals surface area contributed by atoms with E-state index in [9.17, 15) is 4.79 Å². The van der Waals surface area contributed by atoms with Crippen LogP contribution in [-0.2, 0) is 6.61 Å². The van der Waals surface area contributed by atoms with Crippen LogP contribution in [0.2, 0.25) is 0 Å². The SMILES string of the molecule is COc1cc(/C=C/c2ncc(C(=O)O)s2)ccc1OCc1ccccc1. The zero-order chi connectivity index (χ0) is 18.4. The van der Waals surface area contributed by atoms with Crippen molar-refractivity contribution in [3.05, 3.63) is 75.7 Å². The molecule has 1 aromatic heterocycles. The van der Waals surface area contributed by atoms with Gasteiger partial charge in [0, 0.05) is 0 Å². The van der Waals surface area contributed by atoms with E-state index >= 15 is 0 Å². The molecule has 1 N–H and O–H groups in total. The number of thiazole rings is 1. The molecule has 0 bridgehead atoms. The van der Waals surface area contributed by atoms with Gasteiger partial charge in [-0.25, -0.2) is 9.78 Å². The number of aromatic nitrogens is 1. The molecule has 0 saturated carbocycles. The lowest BCUT2D eigenvalue weighted by atomic mass is 10.2. The normalized spacial score (nSPS) is 10.8. The van der Waals surface area contributed by atoms with E-state index in [1.165, 1.54) is 6.20 Å². The van der Waals surface area contributed by atoms with Gasteiger partial charge in [0.15, 0.2) is 11.5 Å². The molecule has 0 aliphatic carbocycles. The van der Waals surface area contributed by atoms with E-state index in [0.29, 0.717) is 23.1 Å². The number of benzene rings is 2. The molecule has 0 aliphatic heterocycles. The van der Waals surface area contributed by atoms with Crippen LogP contribution in [0.15, 0.2) is 54.7 Å². The van der Waals surface area contributed by atoms with Crippen molar-refractivity contribution in [2.75, 3.05) is 7.11 Å². The fourth-order valence-electron chi connectivity index (χ4n) is 2.27. The van der Waals surface area contributed by atoms with Gasteiger partial charge in [-0.1, -0.05) is 42.5 Å². The number of aromatic carboxylic acids is 1. The molecule has 0 atom stereocenters. The maximum absolute atomic E-state index is 10.9. The summed E-state index contributed by atoms with van der Waals surface area (Å²) in [6.45, 7) is 0.462. The Morgan fingerprint density at radius 3 is 2.65 bits per heavy atom. The van der Waals surface area contributed by atoms with Crippen LogP contribution in [0.1, 0.15) is 25.8 Å². The first-order valence-corrected chi connectivity index (χ1v) is 8.69. The number of carboxylic acid groups (broad SMARTS) is 1. The lowest BCUT2D eigenvalue weighted by Gasteiger charge is -2.11. The van der Waals surface area contributed by atoms with E-state index < -0.39 is 5.97 Å². The molecule has 0 aliphatic rings.